The zero-order valence-electron chi connectivity index (χ0n) is 5.82. The Labute approximate surface area is 60.6 Å². The highest BCUT2D eigenvalue weighted by molar-refractivity contribution is 7.85. The number of rotatable bonds is 2. The molecule has 0 saturated heterocycles. The maximum absolute atomic E-state index is 9.56. The molecular weight excluding hydrogens is 158 g/mol. The summed E-state index contributed by atoms with van der Waals surface area (Å²) in [6, 6.07) is 0. The van der Waals surface area contributed by atoms with E-state index < -0.39 is 10.1 Å². The Morgan fingerprint density at radius 2 is 1.70 bits per heavy atom. The summed E-state index contributed by atoms with van der Waals surface area (Å²) in [5.41, 5.74) is 4.78. The third-order valence-electron chi connectivity index (χ3n) is 0.494. The number of aliphatic hydroxyl groups excluding tert-OH is 1. The Morgan fingerprint density at radius 3 is 1.70 bits per heavy atom. The number of aliphatic hydroxyl groups is 1. The Hall–Kier alpha value is -0.170. The highest BCUT2D eigenvalue weighted by atomic mass is 32.2. The van der Waals surface area contributed by atoms with E-state index in [9.17, 15) is 8.42 Å². The molecule has 0 aromatic carbocycles. The molecule has 0 saturated carbocycles. The molecular formula is C4H13NO4S. The van der Waals surface area contributed by atoms with Gasteiger partial charge in [-0.2, -0.15) is 8.42 Å². The van der Waals surface area contributed by atoms with Crippen molar-refractivity contribution >= 4 is 10.1 Å². The fourth-order valence-electron chi connectivity index (χ4n) is 0. The van der Waals surface area contributed by atoms with E-state index >= 15 is 0 Å². The fourth-order valence-corrected chi connectivity index (χ4v) is 0. The summed E-state index contributed by atoms with van der Waals surface area (Å²) in [6.07, 6.45) is 0. The van der Waals surface area contributed by atoms with Crippen LogP contribution in [0.1, 0.15) is 6.92 Å². The molecule has 0 rings (SSSR count). The lowest BCUT2D eigenvalue weighted by Crippen LogP contribution is -2.02. The molecule has 0 aromatic heterocycles. The van der Waals surface area contributed by atoms with Crippen molar-refractivity contribution < 1.29 is 18.1 Å². The molecule has 0 heterocycles. The summed E-state index contributed by atoms with van der Waals surface area (Å²) in [5, 5.41) is 7.75. The van der Waals surface area contributed by atoms with Gasteiger partial charge in [0.05, 0.1) is 12.4 Å². The first-order valence-corrected chi connectivity index (χ1v) is 4.35. The fraction of sp³-hybridized carbons (Fsp3) is 1.00. The maximum atomic E-state index is 9.56. The third kappa shape index (κ3) is 24.9. The van der Waals surface area contributed by atoms with Gasteiger partial charge in [-0.05, 0) is 6.92 Å². The molecule has 0 aliphatic carbocycles. The van der Waals surface area contributed by atoms with Crippen LogP contribution in [0.3, 0.4) is 0 Å². The van der Waals surface area contributed by atoms with Crippen molar-refractivity contribution in [3.8, 4) is 0 Å². The first kappa shape index (κ1) is 12.5. The van der Waals surface area contributed by atoms with Crippen LogP contribution in [0, 0.1) is 0 Å². The molecule has 0 amide bonds. The van der Waals surface area contributed by atoms with Crippen LogP contribution in [-0.4, -0.2) is 37.0 Å². The normalized spacial score (nSPS) is 10.0. The van der Waals surface area contributed by atoms with Gasteiger partial charge in [0.2, 0.25) is 0 Å². The van der Waals surface area contributed by atoms with E-state index in [-0.39, 0.29) is 12.4 Å². The van der Waals surface area contributed by atoms with Gasteiger partial charge in [-0.25, -0.2) is 0 Å². The van der Waals surface area contributed by atoms with Crippen LogP contribution in [0.15, 0.2) is 0 Å². The van der Waals surface area contributed by atoms with E-state index in [1.807, 2.05) is 0 Å². The monoisotopic (exact) mass is 171 g/mol. The zero-order chi connectivity index (χ0) is 8.62. The summed E-state index contributed by atoms with van der Waals surface area (Å²) < 4.78 is 26.9. The molecule has 0 fully saturated rings. The van der Waals surface area contributed by atoms with Crippen LogP contribution in [0.5, 0.6) is 0 Å². The second-order valence-electron chi connectivity index (χ2n) is 1.38. The lowest BCUT2D eigenvalue weighted by molar-refractivity contribution is 0.306. The second-order valence-corrected chi connectivity index (χ2v) is 3.12. The summed E-state index contributed by atoms with van der Waals surface area (Å²) in [7, 11) is -3.66. The highest BCUT2D eigenvalue weighted by Crippen LogP contribution is 1.74. The van der Waals surface area contributed by atoms with Crippen molar-refractivity contribution in [2.75, 3.05) is 18.9 Å². The van der Waals surface area contributed by atoms with Gasteiger partial charge in [0.1, 0.15) is 0 Å². The largest absolute Gasteiger partial charge is 0.395 e. The van der Waals surface area contributed by atoms with Crippen molar-refractivity contribution in [1.82, 2.24) is 0 Å². The average Bonchev–Trinajstić information content (AvgIpc) is 1.87. The van der Waals surface area contributed by atoms with E-state index in [1.54, 1.807) is 0 Å². The quantitative estimate of drug-likeness (QED) is 0.454. The molecule has 0 aromatic rings. The SMILES string of the molecule is CCS(=O)(=O)O.NCCO. The first-order chi connectivity index (χ1) is 4.47. The summed E-state index contributed by atoms with van der Waals surface area (Å²) in [5.74, 6) is -0.201. The smallest absolute Gasteiger partial charge is 0.264 e. The summed E-state index contributed by atoms with van der Waals surface area (Å²) in [4.78, 5) is 0. The summed E-state index contributed by atoms with van der Waals surface area (Å²) in [6.45, 7) is 1.84. The number of hydrogen-bond donors (Lipinski definition) is 3. The number of nitrogens with two attached hydrogens (primary N) is 1. The van der Waals surface area contributed by atoms with Gasteiger partial charge >= 0.3 is 0 Å². The topological polar surface area (TPSA) is 101 Å². The molecule has 0 unspecified atom stereocenters. The molecule has 0 aliphatic rings. The van der Waals surface area contributed by atoms with Crippen LogP contribution in [0.4, 0.5) is 0 Å². The Kier molecular flexibility index (Phi) is 8.68. The van der Waals surface area contributed by atoms with E-state index in [2.05, 4.69) is 0 Å². The van der Waals surface area contributed by atoms with Crippen LogP contribution in [0.2, 0.25) is 0 Å². The lowest BCUT2D eigenvalue weighted by Gasteiger charge is -1.79. The van der Waals surface area contributed by atoms with Crippen molar-refractivity contribution in [2.24, 2.45) is 5.73 Å². The molecule has 64 valence electrons. The van der Waals surface area contributed by atoms with Gasteiger partial charge in [0.15, 0.2) is 0 Å². The molecule has 10 heavy (non-hydrogen) atoms. The van der Waals surface area contributed by atoms with Crippen LogP contribution in [0.25, 0.3) is 0 Å². The van der Waals surface area contributed by atoms with Crippen molar-refractivity contribution in [3.63, 3.8) is 0 Å². The molecule has 5 nitrogen and oxygen atoms in total. The molecule has 4 N–H and O–H groups in total. The minimum absolute atomic E-state index is 0.0972. The van der Waals surface area contributed by atoms with Gasteiger partial charge in [0.25, 0.3) is 10.1 Å². The molecule has 0 aliphatic heterocycles. The summed E-state index contributed by atoms with van der Waals surface area (Å²) >= 11 is 0. The van der Waals surface area contributed by atoms with Crippen molar-refractivity contribution in [1.29, 1.82) is 0 Å². The van der Waals surface area contributed by atoms with Crippen LogP contribution >= 0.6 is 0 Å². The van der Waals surface area contributed by atoms with E-state index in [4.69, 9.17) is 15.4 Å². The van der Waals surface area contributed by atoms with E-state index in [1.165, 1.54) is 6.92 Å². The Balaban J connectivity index is 0. The predicted octanol–water partition coefficient (Wildman–Crippen LogP) is -1.17. The van der Waals surface area contributed by atoms with Gasteiger partial charge < -0.3 is 10.8 Å². The minimum Gasteiger partial charge on any atom is -0.395 e. The van der Waals surface area contributed by atoms with Crippen LogP contribution in [-0.2, 0) is 10.1 Å². The van der Waals surface area contributed by atoms with Gasteiger partial charge in [-0.1, -0.05) is 0 Å². The van der Waals surface area contributed by atoms with E-state index in [0.29, 0.717) is 6.54 Å². The molecule has 0 radical (unpaired) electrons. The van der Waals surface area contributed by atoms with Gasteiger partial charge in [0, 0.05) is 6.54 Å². The highest BCUT2D eigenvalue weighted by Gasteiger charge is 1.93. The Morgan fingerprint density at radius 1 is 1.50 bits per heavy atom. The predicted molar refractivity (Wildman–Crippen MR) is 38.2 cm³/mol. The molecule has 0 atom stereocenters. The molecule has 0 bridgehead atoms. The maximum Gasteiger partial charge on any atom is 0.264 e. The third-order valence-corrected chi connectivity index (χ3v) is 1.22. The number of hydrogen-bond acceptors (Lipinski definition) is 4. The van der Waals surface area contributed by atoms with E-state index in [0.717, 1.165) is 0 Å². The van der Waals surface area contributed by atoms with Gasteiger partial charge in [-0.15, -0.1) is 0 Å². The molecule has 0 spiro atoms. The average molecular weight is 171 g/mol. The lowest BCUT2D eigenvalue weighted by atomic mass is 10.8. The first-order valence-electron chi connectivity index (χ1n) is 2.74. The molecule has 6 heteroatoms. The Bertz CT molecular complexity index is 139. The minimum atomic E-state index is -3.66. The standard InChI is InChI=1S/C2H7NO.C2H6O3S/c3-1-2-4;1-2-6(3,4)5/h4H,1-3H2;2H2,1H3,(H,3,4,5). The second kappa shape index (κ2) is 6.94. The zero-order valence-corrected chi connectivity index (χ0v) is 6.63. The van der Waals surface area contributed by atoms with Gasteiger partial charge in [-0.3, -0.25) is 4.55 Å². The van der Waals surface area contributed by atoms with Crippen molar-refractivity contribution in [2.45, 2.75) is 6.92 Å². The van der Waals surface area contributed by atoms with Crippen molar-refractivity contribution in [3.05, 3.63) is 0 Å². The van der Waals surface area contributed by atoms with Crippen LogP contribution < -0.4 is 5.73 Å².